The fourth-order valence-electron chi connectivity index (χ4n) is 3.49. The Morgan fingerprint density at radius 2 is 2.26 bits per heavy atom. The molecular formula is C16H29N3. The van der Waals surface area contributed by atoms with E-state index >= 15 is 0 Å². The zero-order valence-electron chi connectivity index (χ0n) is 12.7. The van der Waals surface area contributed by atoms with E-state index < -0.39 is 0 Å². The predicted octanol–water partition coefficient (Wildman–Crippen LogP) is 3.68. The van der Waals surface area contributed by atoms with Crippen molar-refractivity contribution in [3.8, 4) is 0 Å². The van der Waals surface area contributed by atoms with Crippen molar-refractivity contribution in [1.82, 2.24) is 14.9 Å². The van der Waals surface area contributed by atoms with Gasteiger partial charge in [0.2, 0.25) is 0 Å². The number of nitrogens with zero attached hydrogens (tertiary/aromatic N) is 2. The van der Waals surface area contributed by atoms with Crippen molar-refractivity contribution in [3.63, 3.8) is 0 Å². The minimum atomic E-state index is 0.488. The van der Waals surface area contributed by atoms with E-state index in [2.05, 4.69) is 35.8 Å². The molecule has 19 heavy (non-hydrogen) atoms. The number of aromatic nitrogens is 2. The summed E-state index contributed by atoms with van der Waals surface area (Å²) >= 11 is 0. The van der Waals surface area contributed by atoms with Crippen molar-refractivity contribution in [2.24, 2.45) is 18.9 Å². The summed E-state index contributed by atoms with van der Waals surface area (Å²) in [4.78, 5) is 4.31. The molecule has 3 nitrogen and oxygen atoms in total. The van der Waals surface area contributed by atoms with Gasteiger partial charge in [-0.15, -0.1) is 0 Å². The first-order chi connectivity index (χ1) is 9.26. The van der Waals surface area contributed by atoms with Crippen LogP contribution < -0.4 is 5.32 Å². The fraction of sp³-hybridized carbons (Fsp3) is 0.812. The monoisotopic (exact) mass is 263 g/mol. The second-order valence-electron chi connectivity index (χ2n) is 6.06. The van der Waals surface area contributed by atoms with Gasteiger partial charge in [0.25, 0.3) is 0 Å². The maximum absolute atomic E-state index is 4.31. The van der Waals surface area contributed by atoms with Gasteiger partial charge in [0.05, 0.1) is 18.1 Å². The van der Waals surface area contributed by atoms with E-state index in [1.54, 1.807) is 0 Å². The Balaban J connectivity index is 2.10. The lowest BCUT2D eigenvalue weighted by Gasteiger charge is -2.35. The predicted molar refractivity (Wildman–Crippen MR) is 80.0 cm³/mol. The number of imidazole rings is 1. The van der Waals surface area contributed by atoms with Gasteiger partial charge in [-0.05, 0) is 37.6 Å². The minimum Gasteiger partial charge on any atom is -0.336 e. The van der Waals surface area contributed by atoms with Crippen LogP contribution >= 0.6 is 0 Å². The lowest BCUT2D eigenvalue weighted by Crippen LogP contribution is -2.33. The molecule has 0 amide bonds. The van der Waals surface area contributed by atoms with Crippen LogP contribution in [0.3, 0.4) is 0 Å². The molecule has 3 unspecified atom stereocenters. The average molecular weight is 263 g/mol. The van der Waals surface area contributed by atoms with Crippen LogP contribution in [-0.4, -0.2) is 16.1 Å². The molecular weight excluding hydrogens is 234 g/mol. The number of nitrogens with one attached hydrogen (secondary N) is 1. The van der Waals surface area contributed by atoms with E-state index in [-0.39, 0.29) is 0 Å². The van der Waals surface area contributed by atoms with Crippen molar-refractivity contribution in [1.29, 1.82) is 0 Å². The average Bonchev–Trinajstić information content (AvgIpc) is 2.86. The summed E-state index contributed by atoms with van der Waals surface area (Å²) in [7, 11) is 2.11. The lowest BCUT2D eigenvalue weighted by atomic mass is 9.76. The van der Waals surface area contributed by atoms with Gasteiger partial charge in [-0.3, -0.25) is 0 Å². The van der Waals surface area contributed by atoms with Gasteiger partial charge in [-0.2, -0.15) is 0 Å². The van der Waals surface area contributed by atoms with E-state index in [4.69, 9.17) is 0 Å². The summed E-state index contributed by atoms with van der Waals surface area (Å²) in [6.45, 7) is 5.68. The maximum Gasteiger partial charge on any atom is 0.0946 e. The largest absolute Gasteiger partial charge is 0.336 e. The van der Waals surface area contributed by atoms with Crippen LogP contribution in [0.2, 0.25) is 0 Å². The zero-order chi connectivity index (χ0) is 13.7. The van der Waals surface area contributed by atoms with Gasteiger partial charge in [-0.1, -0.05) is 33.1 Å². The van der Waals surface area contributed by atoms with Gasteiger partial charge in [0, 0.05) is 13.2 Å². The quantitative estimate of drug-likeness (QED) is 0.848. The molecule has 0 aliphatic heterocycles. The SMILES string of the molecule is CCCNC(c1cncn1C)C1CCCC(CC)C1. The molecule has 0 aromatic carbocycles. The number of hydrogen-bond donors (Lipinski definition) is 1. The summed E-state index contributed by atoms with van der Waals surface area (Å²) in [6, 6.07) is 0.488. The Bertz CT molecular complexity index is 372. The highest BCUT2D eigenvalue weighted by Crippen LogP contribution is 2.38. The van der Waals surface area contributed by atoms with Gasteiger partial charge in [-0.25, -0.2) is 4.98 Å². The van der Waals surface area contributed by atoms with Crippen molar-refractivity contribution in [3.05, 3.63) is 18.2 Å². The Kier molecular flexibility index (Phi) is 5.44. The van der Waals surface area contributed by atoms with Gasteiger partial charge >= 0.3 is 0 Å². The molecule has 0 spiro atoms. The molecule has 1 heterocycles. The number of hydrogen-bond acceptors (Lipinski definition) is 2. The highest BCUT2D eigenvalue weighted by Gasteiger charge is 2.29. The van der Waals surface area contributed by atoms with E-state index in [1.165, 1.54) is 44.2 Å². The van der Waals surface area contributed by atoms with Crippen LogP contribution in [0.15, 0.2) is 12.5 Å². The third kappa shape index (κ3) is 3.59. The Labute approximate surface area is 117 Å². The Morgan fingerprint density at radius 1 is 1.42 bits per heavy atom. The van der Waals surface area contributed by atoms with Crippen LogP contribution in [-0.2, 0) is 7.05 Å². The van der Waals surface area contributed by atoms with E-state index in [0.717, 1.165) is 18.4 Å². The second kappa shape index (κ2) is 7.09. The third-order valence-electron chi connectivity index (χ3n) is 4.66. The van der Waals surface area contributed by atoms with E-state index in [1.807, 2.05) is 12.5 Å². The summed E-state index contributed by atoms with van der Waals surface area (Å²) in [5.41, 5.74) is 1.36. The molecule has 1 aliphatic carbocycles. The van der Waals surface area contributed by atoms with Crippen molar-refractivity contribution >= 4 is 0 Å². The standard InChI is InChI=1S/C16H29N3/c1-4-9-18-16(15-11-17-12-19(15)3)14-8-6-7-13(5-2)10-14/h11-14,16,18H,4-10H2,1-3H3. The van der Waals surface area contributed by atoms with Crippen LogP contribution in [0.5, 0.6) is 0 Å². The molecule has 1 N–H and O–H groups in total. The first-order valence-electron chi connectivity index (χ1n) is 7.95. The van der Waals surface area contributed by atoms with Gasteiger partial charge in [0.1, 0.15) is 0 Å². The normalized spacial score (nSPS) is 25.4. The summed E-state index contributed by atoms with van der Waals surface area (Å²) in [5.74, 6) is 1.71. The molecule has 3 atom stereocenters. The molecule has 1 fully saturated rings. The molecule has 1 aliphatic rings. The fourth-order valence-corrected chi connectivity index (χ4v) is 3.49. The van der Waals surface area contributed by atoms with E-state index in [0.29, 0.717) is 6.04 Å². The van der Waals surface area contributed by atoms with Crippen LogP contribution in [0.1, 0.15) is 64.1 Å². The second-order valence-corrected chi connectivity index (χ2v) is 6.06. The van der Waals surface area contributed by atoms with Crippen molar-refractivity contribution in [2.45, 2.75) is 58.4 Å². The van der Waals surface area contributed by atoms with Crippen LogP contribution in [0, 0.1) is 11.8 Å². The summed E-state index contributed by atoms with van der Waals surface area (Å²) in [6.07, 6.45) is 12.1. The van der Waals surface area contributed by atoms with Crippen molar-refractivity contribution in [2.75, 3.05) is 6.54 Å². The Hall–Kier alpha value is -0.830. The first-order valence-corrected chi connectivity index (χ1v) is 7.95. The zero-order valence-corrected chi connectivity index (χ0v) is 12.7. The van der Waals surface area contributed by atoms with Gasteiger partial charge < -0.3 is 9.88 Å². The van der Waals surface area contributed by atoms with Crippen LogP contribution in [0.4, 0.5) is 0 Å². The van der Waals surface area contributed by atoms with Crippen LogP contribution in [0.25, 0.3) is 0 Å². The lowest BCUT2D eigenvalue weighted by molar-refractivity contribution is 0.205. The highest BCUT2D eigenvalue weighted by atomic mass is 15.1. The molecule has 1 aromatic heterocycles. The molecule has 0 radical (unpaired) electrons. The molecule has 1 aromatic rings. The maximum atomic E-state index is 4.31. The van der Waals surface area contributed by atoms with Gasteiger partial charge in [0.15, 0.2) is 0 Å². The molecule has 0 saturated heterocycles. The first kappa shape index (κ1) is 14.6. The van der Waals surface area contributed by atoms with Crippen molar-refractivity contribution < 1.29 is 0 Å². The number of rotatable bonds is 6. The molecule has 1 saturated carbocycles. The Morgan fingerprint density at radius 3 is 2.89 bits per heavy atom. The third-order valence-corrected chi connectivity index (χ3v) is 4.66. The topological polar surface area (TPSA) is 29.9 Å². The van der Waals surface area contributed by atoms with E-state index in [9.17, 15) is 0 Å². The molecule has 3 heteroatoms. The molecule has 2 rings (SSSR count). The smallest absolute Gasteiger partial charge is 0.0946 e. The summed E-state index contributed by atoms with van der Waals surface area (Å²) < 4.78 is 2.18. The molecule has 108 valence electrons. The minimum absolute atomic E-state index is 0.488. The highest BCUT2D eigenvalue weighted by molar-refractivity contribution is 5.07. The molecule has 0 bridgehead atoms. The summed E-state index contributed by atoms with van der Waals surface area (Å²) in [5, 5.41) is 3.77. The number of aryl methyl sites for hydroxylation is 1.